The van der Waals surface area contributed by atoms with E-state index in [9.17, 15) is 5.11 Å². The zero-order valence-corrected chi connectivity index (χ0v) is 16.6. The van der Waals surface area contributed by atoms with Crippen LogP contribution in [0, 0.1) is 0 Å². The molecule has 0 aliphatic heterocycles. The van der Waals surface area contributed by atoms with Gasteiger partial charge in [0.15, 0.2) is 5.82 Å². The van der Waals surface area contributed by atoms with Gasteiger partial charge in [-0.15, -0.1) is 0 Å². The van der Waals surface area contributed by atoms with E-state index in [4.69, 9.17) is 0 Å². The van der Waals surface area contributed by atoms with E-state index in [1.54, 1.807) is 24.5 Å². The molecule has 1 N–H and O–H groups in total. The van der Waals surface area contributed by atoms with Crippen molar-refractivity contribution in [1.29, 1.82) is 0 Å². The first-order valence-corrected chi connectivity index (χ1v) is 10.3. The second-order valence-corrected chi connectivity index (χ2v) is 7.27. The van der Waals surface area contributed by atoms with Gasteiger partial charge in [0.2, 0.25) is 0 Å². The molecule has 3 aromatic rings. The molecule has 1 aromatic carbocycles. The van der Waals surface area contributed by atoms with Crippen LogP contribution in [0.15, 0.2) is 55.0 Å². The molecule has 0 saturated carbocycles. The van der Waals surface area contributed by atoms with E-state index >= 15 is 0 Å². The molecule has 0 bridgehead atoms. The van der Waals surface area contributed by atoms with Crippen molar-refractivity contribution in [1.82, 2.24) is 15.0 Å². The van der Waals surface area contributed by atoms with Gasteiger partial charge < -0.3 is 5.11 Å². The molecule has 0 aliphatic rings. The summed E-state index contributed by atoms with van der Waals surface area (Å²) in [6, 6.07) is 11.2. The lowest BCUT2D eigenvalue weighted by molar-refractivity contribution is 0.475. The number of benzene rings is 1. The van der Waals surface area contributed by atoms with E-state index < -0.39 is 0 Å². The van der Waals surface area contributed by atoms with Crippen LogP contribution in [-0.2, 0) is 6.42 Å². The summed E-state index contributed by atoms with van der Waals surface area (Å²) >= 11 is 0. The fraction of sp³-hybridized carbons (Fsp3) is 0.375. The summed E-state index contributed by atoms with van der Waals surface area (Å²) in [7, 11) is 0. The van der Waals surface area contributed by atoms with E-state index in [0.717, 1.165) is 23.2 Å². The molecule has 0 atom stereocenters. The Hall–Kier alpha value is -2.75. The summed E-state index contributed by atoms with van der Waals surface area (Å²) in [4.78, 5) is 13.4. The van der Waals surface area contributed by atoms with Gasteiger partial charge in [-0.05, 0) is 42.2 Å². The van der Waals surface area contributed by atoms with Crippen molar-refractivity contribution in [2.45, 2.75) is 58.3 Å². The molecule has 4 heteroatoms. The second-order valence-electron chi connectivity index (χ2n) is 7.27. The third-order valence-electron chi connectivity index (χ3n) is 4.98. The highest BCUT2D eigenvalue weighted by Gasteiger charge is 2.05. The molecule has 0 spiro atoms. The predicted molar refractivity (Wildman–Crippen MR) is 114 cm³/mol. The van der Waals surface area contributed by atoms with Crippen LogP contribution in [0.25, 0.3) is 22.6 Å². The molecule has 28 heavy (non-hydrogen) atoms. The smallest absolute Gasteiger partial charge is 0.178 e. The van der Waals surface area contributed by atoms with Crippen molar-refractivity contribution in [3.8, 4) is 28.4 Å². The minimum atomic E-state index is 0.252. The Bertz CT molecular complexity index is 827. The molecule has 146 valence electrons. The van der Waals surface area contributed by atoms with Crippen LogP contribution in [0.2, 0.25) is 0 Å². The number of aromatic hydroxyl groups is 1. The molecular weight excluding hydrogens is 346 g/mol. The first kappa shape index (κ1) is 20.0. The Morgan fingerprint density at radius 2 is 1.36 bits per heavy atom. The third kappa shape index (κ3) is 5.88. The lowest BCUT2D eigenvalue weighted by Crippen LogP contribution is -1.94. The highest BCUT2D eigenvalue weighted by atomic mass is 16.3. The maximum absolute atomic E-state index is 9.39. The Labute approximate surface area is 167 Å². The Kier molecular flexibility index (Phi) is 7.53. The summed E-state index contributed by atoms with van der Waals surface area (Å²) < 4.78 is 0. The van der Waals surface area contributed by atoms with E-state index in [0.29, 0.717) is 5.82 Å². The molecule has 0 radical (unpaired) electrons. The number of nitrogens with zero attached hydrogens (tertiary/aromatic N) is 3. The largest absolute Gasteiger partial charge is 0.508 e. The number of unbranched alkanes of at least 4 members (excludes halogenated alkanes) is 6. The molecule has 0 amide bonds. The quantitative estimate of drug-likeness (QED) is 0.428. The summed E-state index contributed by atoms with van der Waals surface area (Å²) in [6.07, 6.45) is 15.9. The standard InChI is InChI=1S/C24H29N3O/c1-2-3-4-5-6-7-8-9-19-10-15-23(25-16-19)24-26-17-21(18-27-24)20-11-13-22(28)14-12-20/h10-18,28H,2-9H2,1H3. The maximum Gasteiger partial charge on any atom is 0.178 e. The fourth-order valence-electron chi connectivity index (χ4n) is 3.25. The maximum atomic E-state index is 9.39. The van der Waals surface area contributed by atoms with E-state index in [2.05, 4.69) is 27.9 Å². The molecule has 2 heterocycles. The molecular formula is C24H29N3O. The van der Waals surface area contributed by atoms with Gasteiger partial charge in [-0.3, -0.25) is 4.98 Å². The summed E-state index contributed by atoms with van der Waals surface area (Å²) in [6.45, 7) is 2.26. The van der Waals surface area contributed by atoms with Crippen LogP contribution in [0.3, 0.4) is 0 Å². The summed E-state index contributed by atoms with van der Waals surface area (Å²) in [5, 5.41) is 9.39. The van der Waals surface area contributed by atoms with Gasteiger partial charge in [0, 0.05) is 24.2 Å². The predicted octanol–water partition coefficient (Wildman–Crippen LogP) is 6.20. The Balaban J connectivity index is 1.51. The normalized spacial score (nSPS) is 10.9. The topological polar surface area (TPSA) is 58.9 Å². The number of hydrogen-bond donors (Lipinski definition) is 1. The van der Waals surface area contributed by atoms with Gasteiger partial charge in [0.05, 0.1) is 0 Å². The van der Waals surface area contributed by atoms with Crippen LogP contribution in [-0.4, -0.2) is 20.1 Å². The SMILES string of the molecule is CCCCCCCCCc1ccc(-c2ncc(-c3ccc(O)cc3)cn2)nc1. The first-order valence-electron chi connectivity index (χ1n) is 10.3. The van der Waals surface area contributed by atoms with Crippen LogP contribution in [0.4, 0.5) is 0 Å². The van der Waals surface area contributed by atoms with Crippen molar-refractivity contribution in [2.24, 2.45) is 0 Å². The second kappa shape index (κ2) is 10.5. The highest BCUT2D eigenvalue weighted by molar-refractivity contribution is 5.63. The number of phenolic OH excluding ortho intramolecular Hbond substituents is 1. The van der Waals surface area contributed by atoms with E-state index in [-0.39, 0.29) is 5.75 Å². The minimum Gasteiger partial charge on any atom is -0.508 e. The molecule has 4 nitrogen and oxygen atoms in total. The Morgan fingerprint density at radius 3 is 2.00 bits per heavy atom. The molecule has 2 aromatic heterocycles. The molecule has 0 saturated heterocycles. The third-order valence-corrected chi connectivity index (χ3v) is 4.98. The minimum absolute atomic E-state index is 0.252. The number of aryl methyl sites for hydroxylation is 1. The zero-order chi connectivity index (χ0) is 19.6. The monoisotopic (exact) mass is 375 g/mol. The molecule has 0 unspecified atom stereocenters. The van der Waals surface area contributed by atoms with Gasteiger partial charge in [-0.2, -0.15) is 0 Å². The van der Waals surface area contributed by atoms with Gasteiger partial charge in [0.25, 0.3) is 0 Å². The van der Waals surface area contributed by atoms with Crippen molar-refractivity contribution < 1.29 is 5.11 Å². The molecule has 0 aliphatic carbocycles. The average molecular weight is 376 g/mol. The van der Waals surface area contributed by atoms with Crippen molar-refractivity contribution in [3.05, 3.63) is 60.6 Å². The number of rotatable bonds is 10. The van der Waals surface area contributed by atoms with Gasteiger partial charge in [-0.1, -0.05) is 63.6 Å². The van der Waals surface area contributed by atoms with E-state index in [1.165, 1.54) is 50.5 Å². The van der Waals surface area contributed by atoms with Gasteiger partial charge in [-0.25, -0.2) is 9.97 Å². The van der Waals surface area contributed by atoms with Gasteiger partial charge >= 0.3 is 0 Å². The average Bonchev–Trinajstić information content (AvgIpc) is 2.74. The van der Waals surface area contributed by atoms with Crippen molar-refractivity contribution in [2.75, 3.05) is 0 Å². The number of hydrogen-bond acceptors (Lipinski definition) is 4. The Morgan fingerprint density at radius 1 is 0.679 bits per heavy atom. The fourth-order valence-corrected chi connectivity index (χ4v) is 3.25. The number of pyridine rings is 1. The van der Waals surface area contributed by atoms with E-state index in [1.807, 2.05) is 24.4 Å². The van der Waals surface area contributed by atoms with Crippen LogP contribution in [0.1, 0.15) is 57.4 Å². The van der Waals surface area contributed by atoms with Crippen LogP contribution < -0.4 is 0 Å². The lowest BCUT2D eigenvalue weighted by atomic mass is 10.1. The summed E-state index contributed by atoms with van der Waals surface area (Å²) in [5.41, 5.74) is 3.96. The zero-order valence-electron chi connectivity index (χ0n) is 16.6. The van der Waals surface area contributed by atoms with Crippen molar-refractivity contribution in [3.63, 3.8) is 0 Å². The lowest BCUT2D eigenvalue weighted by Gasteiger charge is -2.05. The first-order chi connectivity index (χ1) is 13.8. The van der Waals surface area contributed by atoms with Crippen LogP contribution >= 0.6 is 0 Å². The van der Waals surface area contributed by atoms with Crippen molar-refractivity contribution >= 4 is 0 Å². The summed E-state index contributed by atoms with van der Waals surface area (Å²) in [5.74, 6) is 0.882. The highest BCUT2D eigenvalue weighted by Crippen LogP contribution is 2.22. The molecule has 3 rings (SSSR count). The molecule has 0 fully saturated rings. The van der Waals surface area contributed by atoms with Crippen LogP contribution in [0.5, 0.6) is 5.75 Å². The number of phenols is 1. The van der Waals surface area contributed by atoms with Gasteiger partial charge in [0.1, 0.15) is 11.4 Å². The number of aromatic nitrogens is 3.